The first kappa shape index (κ1) is 27.4. The lowest BCUT2D eigenvalue weighted by Crippen LogP contribution is -2.41. The molecule has 1 unspecified atom stereocenters. The zero-order chi connectivity index (χ0) is 25.7. The number of hydrogen-bond donors (Lipinski definition) is 0. The highest BCUT2D eigenvalue weighted by Crippen LogP contribution is 2.23. The maximum atomic E-state index is 12.7. The Morgan fingerprint density at radius 1 is 0.765 bits per heavy atom. The van der Waals surface area contributed by atoms with Gasteiger partial charge in [-0.05, 0) is 36.7 Å². The van der Waals surface area contributed by atoms with Gasteiger partial charge in [-0.15, -0.1) is 0 Å². The van der Waals surface area contributed by atoms with Crippen molar-refractivity contribution in [3.05, 3.63) is 89.2 Å². The van der Waals surface area contributed by atoms with Crippen LogP contribution in [0.1, 0.15) is 12.5 Å². The van der Waals surface area contributed by atoms with Gasteiger partial charge in [-0.3, -0.25) is 0 Å². The van der Waals surface area contributed by atoms with Gasteiger partial charge in [0.05, 0.1) is 6.61 Å². The van der Waals surface area contributed by atoms with E-state index in [-0.39, 0.29) is 0 Å². The van der Waals surface area contributed by atoms with Crippen LogP contribution in [-0.2, 0) is 19.9 Å². The zero-order valence-electron chi connectivity index (χ0n) is 17.9. The average molecular weight is 510 g/mol. The Morgan fingerprint density at radius 3 is 1.68 bits per heavy atom. The summed E-state index contributed by atoms with van der Waals surface area (Å²) in [5.41, 5.74) is -1.66. The van der Waals surface area contributed by atoms with E-state index in [1.54, 1.807) is 0 Å². The Hall–Kier alpha value is -2.89. The second kappa shape index (κ2) is 11.0. The molecule has 0 aliphatic heterocycles. The summed E-state index contributed by atoms with van der Waals surface area (Å²) in [6.45, 7) is -3.68. The van der Waals surface area contributed by atoms with Crippen LogP contribution in [0.25, 0.3) is 0 Å². The van der Waals surface area contributed by atoms with E-state index in [9.17, 15) is 39.1 Å². The van der Waals surface area contributed by atoms with Crippen LogP contribution in [0.2, 0.25) is 0 Å². The Bertz CT molecular complexity index is 1140. The van der Waals surface area contributed by atoms with Crippen LogP contribution >= 0.6 is 0 Å². The normalized spacial score (nSPS) is 13.0. The van der Waals surface area contributed by atoms with Gasteiger partial charge in [-0.25, -0.2) is 22.0 Å². The minimum absolute atomic E-state index is 0.559. The van der Waals surface area contributed by atoms with Crippen LogP contribution in [0.4, 0.5) is 34.9 Å². The predicted molar refractivity (Wildman–Crippen MR) is 115 cm³/mol. The van der Waals surface area contributed by atoms with Crippen LogP contribution in [0.5, 0.6) is 5.75 Å². The molecule has 3 aromatic rings. The van der Waals surface area contributed by atoms with Gasteiger partial charge < -0.3 is 17.7 Å². The van der Waals surface area contributed by atoms with Crippen molar-refractivity contribution in [3.8, 4) is 5.75 Å². The molecule has 0 aromatic heterocycles. The number of rotatable bonds is 6. The summed E-state index contributed by atoms with van der Waals surface area (Å²) < 4.78 is 116. The third-order valence-corrected chi connectivity index (χ3v) is 6.64. The molecule has 0 aliphatic rings. The molecule has 0 heterocycles. The molecule has 0 spiro atoms. The molecule has 0 amide bonds. The van der Waals surface area contributed by atoms with Gasteiger partial charge in [0.15, 0.2) is 22.3 Å². The van der Waals surface area contributed by atoms with Crippen LogP contribution in [0.15, 0.2) is 59.5 Å². The first-order chi connectivity index (χ1) is 15.8. The first-order valence-corrected chi connectivity index (χ1v) is 11.9. The fraction of sp³-hybridized carbons (Fsp3) is 0.182. The molecule has 12 heteroatoms. The van der Waals surface area contributed by atoms with Gasteiger partial charge in [0.1, 0.15) is 39.3 Å². The largest absolute Gasteiger partial charge is 0.515 e. The van der Waals surface area contributed by atoms with Gasteiger partial charge in [-0.1, -0.05) is 34.5 Å². The van der Waals surface area contributed by atoms with Crippen molar-refractivity contribution in [2.75, 3.05) is 12.9 Å². The third-order valence-electron chi connectivity index (χ3n) is 4.49. The molecule has 0 N–H and O–H groups in total. The second-order valence-corrected chi connectivity index (χ2v) is 9.87. The van der Waals surface area contributed by atoms with Gasteiger partial charge >= 0.3 is 6.98 Å². The molecule has 0 saturated heterocycles. The quantitative estimate of drug-likeness (QED) is 0.130. The number of halogens is 8. The van der Waals surface area contributed by atoms with Crippen LogP contribution in [-0.4, -0.2) is 19.8 Å². The highest BCUT2D eigenvalue weighted by molar-refractivity contribution is 8.01. The SMILES string of the molecule is CCOc1ccc(C[S+](C)(=O)c2ccccc2)cc1.Fc1c(F)c(F)c([B-](F)(F)F)c(F)c1F. The smallest absolute Gasteiger partial charge is 0.494 e. The molecule has 0 fully saturated rings. The van der Waals surface area contributed by atoms with Crippen LogP contribution in [0, 0.1) is 29.1 Å². The number of benzene rings is 3. The summed E-state index contributed by atoms with van der Waals surface area (Å²) in [5.74, 6) is -12.1. The molecule has 2 nitrogen and oxygen atoms in total. The van der Waals surface area contributed by atoms with E-state index in [0.717, 1.165) is 16.2 Å². The molecule has 3 rings (SSSR count). The van der Waals surface area contributed by atoms with Crippen molar-refractivity contribution in [1.82, 2.24) is 0 Å². The molecule has 0 saturated carbocycles. The van der Waals surface area contributed by atoms with Crippen molar-refractivity contribution < 1.29 is 43.8 Å². The Morgan fingerprint density at radius 2 is 1.24 bits per heavy atom. The maximum absolute atomic E-state index is 12.7. The van der Waals surface area contributed by atoms with Gasteiger partial charge in [0, 0.05) is 5.56 Å². The lowest BCUT2D eigenvalue weighted by Gasteiger charge is -2.17. The van der Waals surface area contributed by atoms with Crippen molar-refractivity contribution in [3.63, 3.8) is 0 Å². The lowest BCUT2D eigenvalue weighted by atomic mass is 9.79. The minimum atomic E-state index is -6.30. The maximum Gasteiger partial charge on any atom is 0.515 e. The summed E-state index contributed by atoms with van der Waals surface area (Å²) >= 11 is 0. The van der Waals surface area contributed by atoms with E-state index >= 15 is 0 Å². The van der Waals surface area contributed by atoms with Crippen molar-refractivity contribution in [1.29, 1.82) is 0 Å². The lowest BCUT2D eigenvalue weighted by molar-refractivity contribution is 0.340. The van der Waals surface area contributed by atoms with Gasteiger partial charge in [0.25, 0.3) is 0 Å². The monoisotopic (exact) mass is 510 g/mol. The highest BCUT2D eigenvalue weighted by atomic mass is 32.2. The third kappa shape index (κ3) is 6.59. The molecular weight excluding hydrogens is 491 g/mol. The van der Waals surface area contributed by atoms with E-state index in [1.807, 2.05) is 67.8 Å². The standard InChI is InChI=1S/C16H19O2S.C6BF8/c1-3-18-15-11-9-14(10-12-15)13-19(2,17)16-7-5-4-6-8-16;8-2-1(7(13,14)15)3(9)5(11)6(12)4(2)10/h4-12H,3,13H2,1-2H3;/q+1;-1. The first-order valence-electron chi connectivity index (χ1n) is 9.74. The molecule has 184 valence electrons. The molecular formula is C22H19BF8O2S. The summed E-state index contributed by atoms with van der Waals surface area (Å²) in [6, 6.07) is 17.5. The van der Waals surface area contributed by atoms with Crippen molar-refractivity contribution >= 4 is 22.4 Å². The Kier molecular flexibility index (Phi) is 8.87. The molecule has 0 aliphatic carbocycles. The minimum Gasteiger partial charge on any atom is -0.494 e. The average Bonchev–Trinajstić information content (AvgIpc) is 2.78. The summed E-state index contributed by atoms with van der Waals surface area (Å²) in [4.78, 5) is 0.906. The van der Waals surface area contributed by atoms with E-state index in [4.69, 9.17) is 4.74 Å². The number of hydrogen-bond acceptors (Lipinski definition) is 2. The fourth-order valence-corrected chi connectivity index (χ4v) is 4.60. The zero-order valence-corrected chi connectivity index (χ0v) is 18.8. The molecule has 1 atom stereocenters. The van der Waals surface area contributed by atoms with E-state index < -0.39 is 51.5 Å². The van der Waals surface area contributed by atoms with Gasteiger partial charge in [-0.2, -0.15) is 0 Å². The van der Waals surface area contributed by atoms with E-state index in [1.165, 1.54) is 0 Å². The van der Waals surface area contributed by atoms with Crippen molar-refractivity contribution in [2.24, 2.45) is 0 Å². The fourth-order valence-electron chi connectivity index (χ4n) is 2.87. The second-order valence-electron chi connectivity index (χ2n) is 7.10. The molecule has 0 radical (unpaired) electrons. The van der Waals surface area contributed by atoms with E-state index in [2.05, 4.69) is 0 Å². The molecule has 3 aromatic carbocycles. The van der Waals surface area contributed by atoms with Gasteiger partial charge in [0.2, 0.25) is 0 Å². The highest BCUT2D eigenvalue weighted by Gasteiger charge is 2.37. The topological polar surface area (TPSA) is 26.3 Å². The van der Waals surface area contributed by atoms with Crippen LogP contribution < -0.4 is 10.2 Å². The van der Waals surface area contributed by atoms with Crippen LogP contribution in [0.3, 0.4) is 0 Å². The molecule has 0 bridgehead atoms. The predicted octanol–water partition coefficient (Wildman–Crippen LogP) is 6.21. The Balaban J connectivity index is 0.000000248. The van der Waals surface area contributed by atoms with E-state index in [0.29, 0.717) is 12.4 Å². The summed E-state index contributed by atoms with van der Waals surface area (Å²) in [7, 11) is -2.03. The summed E-state index contributed by atoms with van der Waals surface area (Å²) in [6.07, 6.45) is 1.82. The van der Waals surface area contributed by atoms with Crippen molar-refractivity contribution in [2.45, 2.75) is 17.6 Å². The number of ether oxygens (including phenoxy) is 1. The molecule has 34 heavy (non-hydrogen) atoms. The Labute approximate surface area is 192 Å². The summed E-state index contributed by atoms with van der Waals surface area (Å²) in [5, 5.41) is 0.